The number of rotatable bonds is 10. The number of hydrogen-bond donors (Lipinski definition) is 7. The van der Waals surface area contributed by atoms with E-state index >= 15 is 0 Å². The second kappa shape index (κ2) is 39.3. The van der Waals surface area contributed by atoms with E-state index in [2.05, 4.69) is 258 Å². The SMILES string of the molecule is C.C.CC1(C)CC[C@]2(C(=O)O)CC[C@]3(C)C(=C(c4ccco4)CC4[C@@]5(C)Cc6c(N)n[nH]c6C(C)(C)C5CC[C@]43C)C2C1.CC1(C)CC[C@]2(C(=O)OCc3ccccc3)CC[C@]3(C)C(=C(Br)CC4[C@@]5(C)Cc6c(N)n[nH]c6C(C)(C)C5CC[C@]43C)C2C1.CC1(C)CC[C@]2(C(=O)OCc3ccccc3)CC[C@]3(C)C(=C(c4ccco4)CC4[C@@]5(C)Cc6c(N)n[nH]c6C(C)(C)C5CC[C@]43C)C2C1.F[B-](F)(F)c1ccco1.II.[K+]. The Labute approximate surface area is 948 Å². The number of furan rings is 3. The van der Waals surface area contributed by atoms with Crippen molar-refractivity contribution < 1.29 is 107 Å². The molecule has 0 amide bonds. The van der Waals surface area contributed by atoms with Crippen molar-refractivity contribution in [2.24, 2.45) is 134 Å². The van der Waals surface area contributed by atoms with Crippen LogP contribution < -0.4 is 74.2 Å². The Hall–Kier alpha value is -5.63. The number of fused-ring (bicyclic) bond motifs is 24. The number of carboxylic acid groups (broad SMARTS) is 1. The molecule has 8 aromatic rings. The standard InChI is InChI=1S/C42H55N3O3.C38H52BrN3O2.C35H49N3O3.C4H3BF3O.2CH4.I2.K/c1-37(2)17-19-42(36(46)48-25-26-12-9-8-10-13-26)20-18-41(7)33(29(42)24-37)27(30-14-11-21-47-30)22-32-39(5)23-28-34(44-45-35(28)43)38(3,4)31(39)15-16-40(32,41)6;1-33(2)15-17-38(32(43)44-22-23-11-9-8-10-12-23)18-16-37(7)29(25(38)21-33)26(39)19-28-35(5)20-24-30(41-42-31(24)40)34(3,4)27(35)13-14-36(28,37)6;1-30(2)12-14-35(29(39)40)15-13-34(7)26(22(35)19-30)20(23-9-8-16-41-23)17-25-32(5)18-21-27(37-38-28(21)36)31(3,4)24(32)10-11-33(25,34)6;6-5(7,8)4-2-1-3-9-4;;;1-2;/h8-14,21,29,31-32H,15-20,22-25H2,1-7H3,(H3,43,44,45);8-12,25,27-28H,13-22H2,1-7H3,(H3,40,41,42);8-9,16,22,24-25H,10-15,17-19H2,1-7H3,(H,39,40)(H3,36,37,38);1-3H;2*1H4;;/q;;;-1;;;;+1/t29?,31?,32?,39-,40+,41+,42-;25?,27?,28?,35-,36+,37+,38-;22?,24?,25?,32-,33+,34+,35-;;;;;/m000...../s1. The van der Waals surface area contributed by atoms with Crippen LogP contribution in [-0.4, -0.2) is 60.6 Å². The van der Waals surface area contributed by atoms with Crippen LogP contribution in [0.15, 0.2) is 150 Å². The number of ether oxygens (including phenoxy) is 2. The molecule has 6 aromatic heterocycles. The van der Waals surface area contributed by atoms with Gasteiger partial charge in [-0.1, -0.05) is 254 Å². The van der Waals surface area contributed by atoms with Crippen LogP contribution in [0.4, 0.5) is 30.4 Å². The number of carboxylic acids is 1. The molecule has 23 rings (SSSR count). The van der Waals surface area contributed by atoms with Crippen molar-refractivity contribution in [1.82, 2.24) is 30.6 Å². The molecule has 6 heterocycles. The molecular weight excluding hydrogens is 2160 g/mol. The van der Waals surface area contributed by atoms with Crippen LogP contribution in [0.2, 0.25) is 0 Å². The molecule has 15 aliphatic carbocycles. The van der Waals surface area contributed by atoms with Gasteiger partial charge in [0.15, 0.2) is 0 Å². The normalized spacial score (nSPS) is 36.9. The molecule has 9 fully saturated rings. The molecule has 0 spiro atoms. The first-order chi connectivity index (χ1) is 67.5. The largest absolute Gasteiger partial charge is 1.00 e. The van der Waals surface area contributed by atoms with Crippen molar-refractivity contribution in [3.05, 3.63) is 193 Å². The molecule has 0 aliphatic heterocycles. The summed E-state index contributed by atoms with van der Waals surface area (Å²) in [6.45, 7) is 47.6. The molecule has 0 bridgehead atoms. The van der Waals surface area contributed by atoms with Crippen LogP contribution in [-0.2, 0) is 72.6 Å². The third-order valence-electron chi connectivity index (χ3n) is 45.0. The van der Waals surface area contributed by atoms with E-state index in [0.717, 1.165) is 183 Å². The first-order valence-electron chi connectivity index (χ1n) is 53.9. The molecule has 2 aromatic carbocycles. The second-order valence-corrected chi connectivity index (χ2v) is 55.2. The van der Waals surface area contributed by atoms with Crippen LogP contribution in [0.1, 0.15) is 371 Å². The van der Waals surface area contributed by atoms with Gasteiger partial charge >= 0.3 is 76.3 Å². The number of carbonyl (C=O) groups excluding carboxylic acids is 2. The number of anilines is 3. The van der Waals surface area contributed by atoms with Gasteiger partial charge < -0.3 is 58.0 Å². The number of esters is 2. The summed E-state index contributed by atoms with van der Waals surface area (Å²) in [6.07, 6.45) is 31.6. The number of halogens is 6. The molecule has 26 heteroatoms. The van der Waals surface area contributed by atoms with Gasteiger partial charge in [0.2, 0.25) is 0 Å². The number of carbonyl (C=O) groups is 3. The first-order valence-corrected chi connectivity index (χ1v) is 61.0. The minimum Gasteiger partial charge on any atom is -0.501 e. The van der Waals surface area contributed by atoms with Gasteiger partial charge in [0.05, 0.1) is 35.0 Å². The zero-order valence-electron chi connectivity index (χ0n) is 90.3. The van der Waals surface area contributed by atoms with Crippen molar-refractivity contribution in [1.29, 1.82) is 0 Å². The van der Waals surface area contributed by atoms with E-state index in [-0.39, 0.29) is 177 Å². The van der Waals surface area contributed by atoms with Crippen molar-refractivity contribution in [2.75, 3.05) is 17.2 Å². The summed E-state index contributed by atoms with van der Waals surface area (Å²) >= 11 is 8.53. The second-order valence-electron chi connectivity index (χ2n) is 54.2. The Morgan fingerprint density at radius 1 is 0.415 bits per heavy atom. The number of hydrogen-bond acceptors (Lipinski definition) is 14. The minimum absolute atomic E-state index is 0. The predicted octanol–water partition coefficient (Wildman–Crippen LogP) is 28.3. The van der Waals surface area contributed by atoms with Gasteiger partial charge in [-0.25, -0.2) is 0 Å². The summed E-state index contributed by atoms with van der Waals surface area (Å²) in [5.74, 6) is 6.60. The molecule has 15 aliphatic rings. The monoisotopic (exact) mass is 2330 g/mol. The number of nitrogen functional groups attached to an aromatic ring is 3. The summed E-state index contributed by atoms with van der Waals surface area (Å²) in [5.41, 5.74) is 34.2. The first kappa shape index (κ1) is 114. The molecule has 21 atom stereocenters. The maximum atomic E-state index is 14.6. The van der Waals surface area contributed by atoms with E-state index in [9.17, 15) is 32.4 Å². The van der Waals surface area contributed by atoms with Crippen LogP contribution in [0, 0.1) is 134 Å². The fraction of sp³-hybridized carbons (Fsp3) is 0.653. The van der Waals surface area contributed by atoms with Crippen molar-refractivity contribution in [3.8, 4) is 0 Å². The van der Waals surface area contributed by atoms with E-state index in [1.165, 1.54) is 92.3 Å². The number of aliphatic carboxylic acids is 1. The third kappa shape index (κ3) is 17.5. The molecule has 9 saturated carbocycles. The molecule has 9 unspecified atom stereocenters. The van der Waals surface area contributed by atoms with Gasteiger partial charge in [0, 0.05) is 92.9 Å². The number of nitrogens with two attached hydrogens (primary N) is 3. The average Bonchev–Trinajstić information content (AvgIpc) is 1.53. The fourth-order valence-corrected chi connectivity index (χ4v) is 38.1. The topological polar surface area (TPSA) is 293 Å². The average molecular weight is 2330 g/mol. The number of aromatic amines is 3. The zero-order valence-corrected chi connectivity index (χ0v) is 99.3. The van der Waals surface area contributed by atoms with Gasteiger partial charge in [-0.15, -0.1) is 0 Å². The maximum Gasteiger partial charge on any atom is 1.00 e. The van der Waals surface area contributed by atoms with Crippen LogP contribution in [0.5, 0.6) is 0 Å². The van der Waals surface area contributed by atoms with Crippen molar-refractivity contribution in [3.63, 3.8) is 0 Å². The Morgan fingerprint density at radius 3 is 1.04 bits per heavy atom. The van der Waals surface area contributed by atoms with Gasteiger partial charge in [0.1, 0.15) is 42.2 Å². The summed E-state index contributed by atoms with van der Waals surface area (Å²) < 4.78 is 65.4. The summed E-state index contributed by atoms with van der Waals surface area (Å²) in [7, 11) is 0. The third-order valence-corrected chi connectivity index (χ3v) is 45.8. The Bertz CT molecular complexity index is 6320. The zero-order chi connectivity index (χ0) is 104. The molecule has 0 saturated heterocycles. The Kier molecular flexibility index (Phi) is 30.5. The van der Waals surface area contributed by atoms with Crippen LogP contribution >= 0.6 is 53.2 Å². The van der Waals surface area contributed by atoms with E-state index < -0.39 is 34.9 Å². The van der Waals surface area contributed by atoms with E-state index in [1.54, 1.807) is 11.8 Å². The Morgan fingerprint density at radius 2 is 0.721 bits per heavy atom. The summed E-state index contributed by atoms with van der Waals surface area (Å²) in [6, 6.07) is 30.7. The van der Waals surface area contributed by atoms with E-state index in [1.807, 2.05) is 66.9 Å². The van der Waals surface area contributed by atoms with E-state index in [4.69, 9.17) is 35.5 Å². The number of aromatic nitrogens is 6. The van der Waals surface area contributed by atoms with E-state index in [0.29, 0.717) is 66.2 Å². The van der Waals surface area contributed by atoms with Crippen molar-refractivity contribution in [2.45, 2.75) is 363 Å². The van der Waals surface area contributed by atoms with Gasteiger partial charge in [0.25, 0.3) is 0 Å². The smallest absolute Gasteiger partial charge is 0.501 e. The quantitative estimate of drug-likeness (QED) is 0.0380. The van der Waals surface area contributed by atoms with Gasteiger partial charge in [-0.3, -0.25) is 29.7 Å². The number of nitrogens with one attached hydrogen (secondary N) is 3. The molecule has 147 heavy (non-hydrogen) atoms. The van der Waals surface area contributed by atoms with Gasteiger partial charge in [-0.05, 0) is 354 Å². The number of nitrogens with zero attached hydrogens (tertiary/aromatic N) is 3. The minimum atomic E-state index is -4.93. The molecule has 10 N–H and O–H groups in total. The predicted molar refractivity (Wildman–Crippen MR) is 599 cm³/mol. The fourth-order valence-electron chi connectivity index (χ4n) is 37.0. The van der Waals surface area contributed by atoms with Gasteiger partial charge in [-0.2, -0.15) is 15.3 Å². The number of benzene rings is 2. The molecule has 796 valence electrons. The molecule has 0 radical (unpaired) electrons. The van der Waals surface area contributed by atoms with Crippen LogP contribution in [0.3, 0.4) is 0 Å². The number of allylic oxidation sites excluding steroid dienone is 6. The summed E-state index contributed by atoms with van der Waals surface area (Å²) in [4.78, 5) is 42.2. The maximum absolute atomic E-state index is 14.6. The molecule has 18 nitrogen and oxygen atoms in total. The Balaban J connectivity index is 0.000000148. The molecular formula is C121H167BBrF3I2KN9O9. The summed E-state index contributed by atoms with van der Waals surface area (Å²) in [5, 5.41) is 34.4. The van der Waals surface area contributed by atoms with Crippen LogP contribution in [0.25, 0.3) is 11.1 Å². The number of H-pyrrole nitrogens is 3. The van der Waals surface area contributed by atoms with Crippen molar-refractivity contribution >= 4 is 112 Å².